The molecule has 1 heterocycles. The highest BCUT2D eigenvalue weighted by molar-refractivity contribution is 5.17. The van der Waals surface area contributed by atoms with Gasteiger partial charge in [0.1, 0.15) is 0 Å². The van der Waals surface area contributed by atoms with Crippen LogP contribution in [0.3, 0.4) is 0 Å². The van der Waals surface area contributed by atoms with Crippen molar-refractivity contribution >= 4 is 0 Å². The van der Waals surface area contributed by atoms with E-state index in [1.165, 1.54) is 5.56 Å². The van der Waals surface area contributed by atoms with E-state index < -0.39 is 0 Å². The molecule has 0 saturated carbocycles. The van der Waals surface area contributed by atoms with Crippen molar-refractivity contribution in [1.29, 1.82) is 0 Å². The van der Waals surface area contributed by atoms with Crippen LogP contribution in [0.1, 0.15) is 51.6 Å². The minimum absolute atomic E-state index is 0.154. The van der Waals surface area contributed by atoms with E-state index in [1.54, 1.807) is 13.4 Å². The maximum absolute atomic E-state index is 5.82. The number of rotatable bonds is 8. The summed E-state index contributed by atoms with van der Waals surface area (Å²) >= 11 is 0. The zero-order valence-corrected chi connectivity index (χ0v) is 11.5. The second-order valence-corrected chi connectivity index (χ2v) is 4.42. The Kier molecular flexibility index (Phi) is 5.72. The SMILES string of the molecule is CCCNC(c1ccoc1)C(CC)(CC)OC. The lowest BCUT2D eigenvalue weighted by atomic mass is 9.84. The van der Waals surface area contributed by atoms with Gasteiger partial charge in [0.25, 0.3) is 0 Å². The molecule has 1 aromatic heterocycles. The number of furan rings is 1. The summed E-state index contributed by atoms with van der Waals surface area (Å²) in [6, 6.07) is 2.22. The molecule has 1 atom stereocenters. The zero-order chi connectivity index (χ0) is 12.7. The summed E-state index contributed by atoms with van der Waals surface area (Å²) in [6.45, 7) is 7.51. The molecular formula is C14H25NO2. The highest BCUT2D eigenvalue weighted by atomic mass is 16.5. The Balaban J connectivity index is 2.95. The van der Waals surface area contributed by atoms with E-state index in [9.17, 15) is 0 Å². The average molecular weight is 239 g/mol. The van der Waals surface area contributed by atoms with Crippen LogP contribution in [-0.4, -0.2) is 19.3 Å². The Labute approximate surface area is 105 Å². The first-order chi connectivity index (χ1) is 8.24. The summed E-state index contributed by atoms with van der Waals surface area (Å²) in [5.74, 6) is 0. The normalized spacial score (nSPS) is 13.9. The zero-order valence-electron chi connectivity index (χ0n) is 11.5. The molecule has 3 heteroatoms. The fraction of sp³-hybridized carbons (Fsp3) is 0.714. The van der Waals surface area contributed by atoms with Crippen LogP contribution < -0.4 is 5.32 Å². The first kappa shape index (κ1) is 14.3. The van der Waals surface area contributed by atoms with Gasteiger partial charge in [-0.1, -0.05) is 20.8 Å². The predicted molar refractivity (Wildman–Crippen MR) is 70.1 cm³/mol. The van der Waals surface area contributed by atoms with E-state index in [0.29, 0.717) is 0 Å². The molecule has 0 aliphatic rings. The van der Waals surface area contributed by atoms with Crippen LogP contribution in [0.2, 0.25) is 0 Å². The Morgan fingerprint density at radius 2 is 2.06 bits per heavy atom. The number of nitrogens with one attached hydrogen (secondary N) is 1. The molecule has 17 heavy (non-hydrogen) atoms. The van der Waals surface area contributed by atoms with E-state index >= 15 is 0 Å². The Morgan fingerprint density at radius 1 is 1.35 bits per heavy atom. The molecule has 0 aliphatic heterocycles. The predicted octanol–water partition coefficient (Wildman–Crippen LogP) is 3.53. The number of hydrogen-bond donors (Lipinski definition) is 1. The van der Waals surface area contributed by atoms with Gasteiger partial charge < -0.3 is 14.5 Å². The third kappa shape index (κ3) is 3.11. The van der Waals surface area contributed by atoms with Gasteiger partial charge in [0, 0.05) is 12.7 Å². The lowest BCUT2D eigenvalue weighted by Gasteiger charge is -2.38. The minimum Gasteiger partial charge on any atom is -0.472 e. The molecule has 0 saturated heterocycles. The third-order valence-corrected chi connectivity index (χ3v) is 3.60. The minimum atomic E-state index is -0.154. The number of ether oxygens (including phenoxy) is 1. The molecule has 1 N–H and O–H groups in total. The lowest BCUT2D eigenvalue weighted by molar-refractivity contribution is -0.0486. The van der Waals surface area contributed by atoms with Gasteiger partial charge in [-0.05, 0) is 31.9 Å². The van der Waals surface area contributed by atoms with Gasteiger partial charge in [0.15, 0.2) is 0 Å². The van der Waals surface area contributed by atoms with Gasteiger partial charge in [-0.3, -0.25) is 0 Å². The molecular weight excluding hydrogens is 214 g/mol. The first-order valence-corrected chi connectivity index (χ1v) is 6.54. The molecule has 0 aromatic carbocycles. The Morgan fingerprint density at radius 3 is 2.47 bits per heavy atom. The van der Waals surface area contributed by atoms with Gasteiger partial charge in [0.05, 0.1) is 24.2 Å². The van der Waals surface area contributed by atoms with E-state index in [2.05, 4.69) is 26.1 Å². The van der Waals surface area contributed by atoms with E-state index in [1.807, 2.05) is 12.3 Å². The summed E-state index contributed by atoms with van der Waals surface area (Å²) in [6.07, 6.45) is 6.61. The van der Waals surface area contributed by atoms with E-state index in [-0.39, 0.29) is 11.6 Å². The quantitative estimate of drug-likeness (QED) is 0.753. The van der Waals surface area contributed by atoms with Crippen molar-refractivity contribution in [2.75, 3.05) is 13.7 Å². The summed E-state index contributed by atoms with van der Waals surface area (Å²) in [7, 11) is 1.80. The average Bonchev–Trinajstić information content (AvgIpc) is 2.89. The van der Waals surface area contributed by atoms with Crippen LogP contribution in [-0.2, 0) is 4.74 Å². The summed E-state index contributed by atoms with van der Waals surface area (Å²) < 4.78 is 11.0. The van der Waals surface area contributed by atoms with E-state index in [0.717, 1.165) is 25.8 Å². The van der Waals surface area contributed by atoms with Crippen molar-refractivity contribution in [3.63, 3.8) is 0 Å². The maximum atomic E-state index is 5.82. The highest BCUT2D eigenvalue weighted by Gasteiger charge is 2.36. The molecule has 0 bridgehead atoms. The smallest absolute Gasteiger partial charge is 0.0951 e. The highest BCUT2D eigenvalue weighted by Crippen LogP contribution is 2.35. The molecule has 1 unspecified atom stereocenters. The molecule has 1 aromatic rings. The van der Waals surface area contributed by atoms with Crippen molar-refractivity contribution in [3.8, 4) is 0 Å². The standard InChI is InChI=1S/C14H25NO2/c1-5-9-15-13(12-8-10-17-11-12)14(6-2,7-3)16-4/h8,10-11,13,15H,5-7,9H2,1-4H3. The van der Waals surface area contributed by atoms with Crippen LogP contribution in [0.5, 0.6) is 0 Å². The molecule has 0 fully saturated rings. The topological polar surface area (TPSA) is 34.4 Å². The van der Waals surface area contributed by atoms with Crippen LogP contribution in [0, 0.1) is 0 Å². The molecule has 98 valence electrons. The van der Waals surface area contributed by atoms with Gasteiger partial charge in [-0.15, -0.1) is 0 Å². The van der Waals surface area contributed by atoms with Crippen LogP contribution in [0.25, 0.3) is 0 Å². The summed E-state index contributed by atoms with van der Waals surface area (Å²) in [4.78, 5) is 0. The van der Waals surface area contributed by atoms with E-state index in [4.69, 9.17) is 9.15 Å². The van der Waals surface area contributed by atoms with Crippen molar-refractivity contribution in [2.24, 2.45) is 0 Å². The summed E-state index contributed by atoms with van der Waals surface area (Å²) in [5.41, 5.74) is 1.02. The first-order valence-electron chi connectivity index (χ1n) is 6.54. The summed E-state index contributed by atoms with van der Waals surface area (Å²) in [5, 5.41) is 3.58. The molecule has 0 radical (unpaired) electrons. The second kappa shape index (κ2) is 6.82. The van der Waals surface area contributed by atoms with Crippen molar-refractivity contribution in [3.05, 3.63) is 24.2 Å². The van der Waals surface area contributed by atoms with Crippen molar-refractivity contribution in [1.82, 2.24) is 5.32 Å². The largest absolute Gasteiger partial charge is 0.472 e. The Bertz CT molecular complexity index is 283. The van der Waals surface area contributed by atoms with Crippen LogP contribution >= 0.6 is 0 Å². The number of hydrogen-bond acceptors (Lipinski definition) is 3. The fourth-order valence-corrected chi connectivity index (χ4v) is 2.40. The van der Waals surface area contributed by atoms with Crippen LogP contribution in [0.4, 0.5) is 0 Å². The molecule has 0 spiro atoms. The Hall–Kier alpha value is -0.800. The fourth-order valence-electron chi connectivity index (χ4n) is 2.40. The maximum Gasteiger partial charge on any atom is 0.0951 e. The number of methoxy groups -OCH3 is 1. The molecule has 3 nitrogen and oxygen atoms in total. The van der Waals surface area contributed by atoms with Gasteiger partial charge in [-0.2, -0.15) is 0 Å². The van der Waals surface area contributed by atoms with Gasteiger partial charge >= 0.3 is 0 Å². The van der Waals surface area contributed by atoms with Crippen LogP contribution in [0.15, 0.2) is 23.0 Å². The molecule has 1 rings (SSSR count). The lowest BCUT2D eigenvalue weighted by Crippen LogP contribution is -2.45. The second-order valence-electron chi connectivity index (χ2n) is 4.42. The van der Waals surface area contributed by atoms with Gasteiger partial charge in [0.2, 0.25) is 0 Å². The molecule has 0 amide bonds. The van der Waals surface area contributed by atoms with Crippen molar-refractivity contribution < 1.29 is 9.15 Å². The third-order valence-electron chi connectivity index (χ3n) is 3.60. The van der Waals surface area contributed by atoms with Gasteiger partial charge in [-0.25, -0.2) is 0 Å². The van der Waals surface area contributed by atoms with Crippen molar-refractivity contribution in [2.45, 2.75) is 51.7 Å². The monoisotopic (exact) mass is 239 g/mol. The molecule has 0 aliphatic carbocycles.